The van der Waals surface area contributed by atoms with Gasteiger partial charge in [-0.1, -0.05) is 0 Å². The molecule has 94 valence electrons. The van der Waals surface area contributed by atoms with Crippen LogP contribution in [0.2, 0.25) is 0 Å². The third kappa shape index (κ3) is 2.79. The van der Waals surface area contributed by atoms with Gasteiger partial charge in [0.25, 0.3) is 0 Å². The van der Waals surface area contributed by atoms with Crippen LogP contribution in [0, 0.1) is 6.92 Å². The van der Waals surface area contributed by atoms with Crippen molar-refractivity contribution in [2.24, 2.45) is 0 Å². The molecule has 0 spiro atoms. The molecule has 1 aromatic heterocycles. The molecule has 2 amide bonds. The summed E-state index contributed by atoms with van der Waals surface area (Å²) in [6.07, 6.45) is 1.66. The Bertz CT molecular complexity index is 383. The van der Waals surface area contributed by atoms with Crippen LogP contribution in [0.25, 0.3) is 0 Å². The van der Waals surface area contributed by atoms with Crippen LogP contribution in [0.3, 0.4) is 0 Å². The Labute approximate surface area is 101 Å². The van der Waals surface area contributed by atoms with E-state index >= 15 is 0 Å². The number of piperazine rings is 1. The zero-order valence-corrected chi connectivity index (χ0v) is 10.4. The maximum absolute atomic E-state index is 12.1. The molecule has 0 saturated carbocycles. The van der Waals surface area contributed by atoms with Crippen LogP contribution < -0.4 is 5.32 Å². The van der Waals surface area contributed by atoms with Crippen molar-refractivity contribution in [3.05, 3.63) is 23.7 Å². The normalized spacial score (nSPS) is 16.0. The summed E-state index contributed by atoms with van der Waals surface area (Å²) < 4.78 is 5.23. The highest BCUT2D eigenvalue weighted by atomic mass is 16.3. The van der Waals surface area contributed by atoms with Crippen molar-refractivity contribution in [3.8, 4) is 0 Å². The number of rotatable bonds is 2. The zero-order chi connectivity index (χ0) is 12.3. The maximum atomic E-state index is 12.1. The van der Waals surface area contributed by atoms with E-state index in [9.17, 15) is 4.79 Å². The van der Waals surface area contributed by atoms with Gasteiger partial charge in [-0.2, -0.15) is 0 Å². The number of aryl methyl sites for hydroxylation is 1. The molecule has 1 aromatic rings. The quantitative estimate of drug-likeness (QED) is 0.836. The summed E-state index contributed by atoms with van der Waals surface area (Å²) in [4.78, 5) is 15.7. The lowest BCUT2D eigenvalue weighted by molar-refractivity contribution is 0.154. The first kappa shape index (κ1) is 12.0. The molecule has 1 saturated heterocycles. The molecule has 2 rings (SSSR count). The monoisotopic (exact) mass is 237 g/mol. The fourth-order valence-electron chi connectivity index (χ4n) is 2.00. The molecule has 0 radical (unpaired) electrons. The van der Waals surface area contributed by atoms with Crippen molar-refractivity contribution in [1.29, 1.82) is 0 Å². The Balaban J connectivity index is 1.93. The third-order valence-electron chi connectivity index (χ3n) is 3.09. The summed E-state index contributed by atoms with van der Waals surface area (Å²) in [6.45, 7) is 5.85. The van der Waals surface area contributed by atoms with Crippen LogP contribution in [-0.2, 0) is 6.54 Å². The van der Waals surface area contributed by atoms with Gasteiger partial charge in [-0.05, 0) is 13.0 Å². The highest BCUT2D eigenvalue weighted by Crippen LogP contribution is 2.12. The number of amides is 2. The lowest BCUT2D eigenvalue weighted by Gasteiger charge is -2.31. The van der Waals surface area contributed by atoms with E-state index in [1.807, 2.05) is 24.9 Å². The molecular weight excluding hydrogens is 218 g/mol. The van der Waals surface area contributed by atoms with E-state index < -0.39 is 0 Å². The molecule has 2 heterocycles. The van der Waals surface area contributed by atoms with E-state index in [0.29, 0.717) is 6.54 Å². The van der Waals surface area contributed by atoms with Gasteiger partial charge in [-0.15, -0.1) is 0 Å². The van der Waals surface area contributed by atoms with Crippen molar-refractivity contribution in [3.63, 3.8) is 0 Å². The second-order valence-corrected chi connectivity index (χ2v) is 4.38. The molecule has 0 bridgehead atoms. The van der Waals surface area contributed by atoms with Crippen LogP contribution in [0.5, 0.6) is 0 Å². The van der Waals surface area contributed by atoms with Gasteiger partial charge in [0.15, 0.2) is 0 Å². The average molecular weight is 237 g/mol. The van der Waals surface area contributed by atoms with Gasteiger partial charge < -0.3 is 19.5 Å². The topological polar surface area (TPSA) is 48.7 Å². The van der Waals surface area contributed by atoms with Gasteiger partial charge in [0.05, 0.1) is 12.8 Å². The van der Waals surface area contributed by atoms with Crippen LogP contribution in [-0.4, -0.2) is 49.1 Å². The van der Waals surface area contributed by atoms with Crippen molar-refractivity contribution in [2.75, 3.05) is 33.2 Å². The van der Waals surface area contributed by atoms with Crippen molar-refractivity contribution < 1.29 is 9.21 Å². The SMILES string of the molecule is Cc1occc1CN(C)C(=O)N1CCNCC1. The number of urea groups is 1. The molecule has 5 nitrogen and oxygen atoms in total. The summed E-state index contributed by atoms with van der Waals surface area (Å²) in [5, 5.41) is 3.24. The fraction of sp³-hybridized carbons (Fsp3) is 0.583. The van der Waals surface area contributed by atoms with Gasteiger partial charge in [-0.25, -0.2) is 4.79 Å². The molecule has 1 N–H and O–H groups in total. The molecule has 17 heavy (non-hydrogen) atoms. The minimum Gasteiger partial charge on any atom is -0.469 e. The highest BCUT2D eigenvalue weighted by Gasteiger charge is 2.20. The van der Waals surface area contributed by atoms with E-state index in [-0.39, 0.29) is 6.03 Å². The van der Waals surface area contributed by atoms with Crippen molar-refractivity contribution >= 4 is 6.03 Å². The number of hydrogen-bond acceptors (Lipinski definition) is 3. The van der Waals surface area contributed by atoms with Crippen LogP contribution in [0.15, 0.2) is 16.7 Å². The third-order valence-corrected chi connectivity index (χ3v) is 3.09. The van der Waals surface area contributed by atoms with Gasteiger partial charge in [0.1, 0.15) is 5.76 Å². The van der Waals surface area contributed by atoms with Gasteiger partial charge >= 0.3 is 6.03 Å². The minimum atomic E-state index is 0.0899. The molecule has 5 heteroatoms. The standard InChI is InChI=1S/C12H19N3O2/c1-10-11(3-8-17-10)9-14(2)12(16)15-6-4-13-5-7-15/h3,8,13H,4-7,9H2,1-2H3. The molecular formula is C12H19N3O2. The van der Waals surface area contributed by atoms with Crippen molar-refractivity contribution in [1.82, 2.24) is 15.1 Å². The predicted octanol–water partition coefficient (Wildman–Crippen LogP) is 1.05. The summed E-state index contributed by atoms with van der Waals surface area (Å²) in [5.41, 5.74) is 1.07. The second kappa shape index (κ2) is 5.23. The Kier molecular flexibility index (Phi) is 3.68. The molecule has 0 unspecified atom stereocenters. The number of carbonyl (C=O) groups is 1. The smallest absolute Gasteiger partial charge is 0.320 e. The summed E-state index contributed by atoms with van der Waals surface area (Å²) >= 11 is 0. The van der Waals surface area contributed by atoms with E-state index in [4.69, 9.17) is 4.42 Å². The Morgan fingerprint density at radius 2 is 2.24 bits per heavy atom. The van der Waals surface area contributed by atoms with E-state index in [0.717, 1.165) is 37.5 Å². The van der Waals surface area contributed by atoms with Crippen molar-refractivity contribution in [2.45, 2.75) is 13.5 Å². The molecule has 1 aliphatic rings. The fourth-order valence-corrected chi connectivity index (χ4v) is 2.00. The minimum absolute atomic E-state index is 0.0899. The van der Waals surface area contributed by atoms with Crippen LogP contribution in [0.1, 0.15) is 11.3 Å². The molecule has 1 fully saturated rings. The van der Waals surface area contributed by atoms with Gasteiger partial charge in [0, 0.05) is 38.8 Å². The summed E-state index contributed by atoms with van der Waals surface area (Å²) in [5.74, 6) is 0.880. The summed E-state index contributed by atoms with van der Waals surface area (Å²) in [7, 11) is 1.83. The van der Waals surface area contributed by atoms with Gasteiger partial charge in [0.2, 0.25) is 0 Å². The lowest BCUT2D eigenvalue weighted by atomic mass is 10.2. The largest absolute Gasteiger partial charge is 0.469 e. The average Bonchev–Trinajstić information content (AvgIpc) is 2.75. The maximum Gasteiger partial charge on any atom is 0.320 e. The summed E-state index contributed by atoms with van der Waals surface area (Å²) in [6, 6.07) is 2.00. The van der Waals surface area contributed by atoms with Crippen LogP contribution >= 0.6 is 0 Å². The number of furan rings is 1. The molecule has 1 aliphatic heterocycles. The highest BCUT2D eigenvalue weighted by molar-refractivity contribution is 5.74. The Hall–Kier alpha value is -1.49. The molecule has 0 aliphatic carbocycles. The Morgan fingerprint density at radius 3 is 2.82 bits per heavy atom. The van der Waals surface area contributed by atoms with E-state index in [1.54, 1.807) is 11.2 Å². The molecule has 0 aromatic carbocycles. The predicted molar refractivity (Wildman–Crippen MR) is 64.8 cm³/mol. The number of nitrogens with one attached hydrogen (secondary N) is 1. The zero-order valence-electron chi connectivity index (χ0n) is 10.4. The first-order valence-electron chi connectivity index (χ1n) is 5.92. The van der Waals surface area contributed by atoms with Crippen LogP contribution in [0.4, 0.5) is 4.79 Å². The lowest BCUT2D eigenvalue weighted by Crippen LogP contribution is -2.50. The van der Waals surface area contributed by atoms with E-state index in [2.05, 4.69) is 5.32 Å². The number of hydrogen-bond donors (Lipinski definition) is 1. The number of nitrogens with zero attached hydrogens (tertiary/aromatic N) is 2. The van der Waals surface area contributed by atoms with E-state index in [1.165, 1.54) is 0 Å². The second-order valence-electron chi connectivity index (χ2n) is 4.38. The number of carbonyl (C=O) groups excluding carboxylic acids is 1. The van der Waals surface area contributed by atoms with Gasteiger partial charge in [-0.3, -0.25) is 0 Å². The molecule has 0 atom stereocenters. The first-order valence-corrected chi connectivity index (χ1v) is 5.92. The first-order chi connectivity index (χ1) is 8.18. The Morgan fingerprint density at radius 1 is 1.53 bits per heavy atom.